The van der Waals surface area contributed by atoms with E-state index < -0.39 is 11.9 Å². The molecule has 5 rings (SSSR count). The summed E-state index contributed by atoms with van der Waals surface area (Å²) >= 11 is 12.2. The molecule has 4 aromatic rings. The fourth-order valence-electron chi connectivity index (χ4n) is 4.63. The third-order valence-corrected chi connectivity index (χ3v) is 6.67. The van der Waals surface area contributed by atoms with Gasteiger partial charge >= 0.3 is 6.01 Å². The third-order valence-electron chi connectivity index (χ3n) is 6.15. The zero-order chi connectivity index (χ0) is 26.4. The Hall–Kier alpha value is -3.69. The lowest BCUT2D eigenvalue weighted by Gasteiger charge is -2.28. The number of hydrogen-bond donors (Lipinski definition) is 0. The molecular formula is C26H22Cl2FN5O3. The highest BCUT2D eigenvalue weighted by molar-refractivity contribution is 6.31. The molecule has 0 N–H and O–H groups in total. The number of ether oxygens (including phenoxy) is 2. The smallest absolute Gasteiger partial charge is 0.319 e. The van der Waals surface area contributed by atoms with Crippen molar-refractivity contribution in [2.75, 3.05) is 19.1 Å². The highest BCUT2D eigenvalue weighted by atomic mass is 35.5. The Morgan fingerprint density at radius 2 is 1.78 bits per heavy atom. The van der Waals surface area contributed by atoms with E-state index in [-0.39, 0.29) is 23.0 Å². The highest BCUT2D eigenvalue weighted by Gasteiger charge is 2.44. The lowest BCUT2D eigenvalue weighted by Crippen LogP contribution is -2.30. The second-order valence-electron chi connectivity index (χ2n) is 8.65. The summed E-state index contributed by atoms with van der Waals surface area (Å²) in [7, 11) is 2.98. The van der Waals surface area contributed by atoms with Crippen molar-refractivity contribution >= 4 is 34.8 Å². The molecule has 0 aliphatic carbocycles. The Morgan fingerprint density at radius 1 is 1.00 bits per heavy atom. The van der Waals surface area contributed by atoms with Crippen LogP contribution in [0.3, 0.4) is 0 Å². The number of anilines is 1. The van der Waals surface area contributed by atoms with Crippen LogP contribution < -0.4 is 14.4 Å². The highest BCUT2D eigenvalue weighted by Crippen LogP contribution is 2.47. The summed E-state index contributed by atoms with van der Waals surface area (Å²) in [6.07, 6.45) is 3.13. The van der Waals surface area contributed by atoms with Gasteiger partial charge in [0.2, 0.25) is 5.88 Å². The van der Waals surface area contributed by atoms with E-state index >= 15 is 0 Å². The van der Waals surface area contributed by atoms with Crippen molar-refractivity contribution in [1.29, 1.82) is 0 Å². The Bertz CT molecular complexity index is 1510. The van der Waals surface area contributed by atoms with Crippen LogP contribution in [0.25, 0.3) is 11.3 Å². The Kier molecular flexibility index (Phi) is 6.51. The number of benzene rings is 1. The number of carbonyl (C=O) groups excluding carboxylic acids is 1. The summed E-state index contributed by atoms with van der Waals surface area (Å²) in [4.78, 5) is 28.6. The number of rotatable bonds is 6. The maximum absolute atomic E-state index is 14.0. The molecule has 3 aromatic heterocycles. The second kappa shape index (κ2) is 9.64. The van der Waals surface area contributed by atoms with Gasteiger partial charge in [-0.05, 0) is 50.2 Å². The first-order valence-corrected chi connectivity index (χ1v) is 12.1. The first-order valence-electron chi connectivity index (χ1n) is 11.4. The molecule has 1 amide bonds. The van der Waals surface area contributed by atoms with E-state index in [2.05, 4.69) is 15.0 Å². The van der Waals surface area contributed by atoms with Crippen LogP contribution in [0.15, 0.2) is 48.8 Å². The van der Waals surface area contributed by atoms with E-state index in [9.17, 15) is 9.18 Å². The van der Waals surface area contributed by atoms with Gasteiger partial charge in [0.25, 0.3) is 5.91 Å². The molecule has 11 heteroatoms. The molecule has 1 aliphatic rings. The van der Waals surface area contributed by atoms with Gasteiger partial charge in [-0.15, -0.1) is 0 Å². The van der Waals surface area contributed by atoms with E-state index in [4.69, 9.17) is 32.7 Å². The van der Waals surface area contributed by atoms with Gasteiger partial charge in [-0.2, -0.15) is 4.98 Å². The monoisotopic (exact) mass is 541 g/mol. The molecule has 0 saturated carbocycles. The molecule has 1 aliphatic heterocycles. The first kappa shape index (κ1) is 25.0. The van der Waals surface area contributed by atoms with Gasteiger partial charge in [0.15, 0.2) is 0 Å². The minimum atomic E-state index is -0.636. The average Bonchev–Trinajstić information content (AvgIpc) is 3.41. The van der Waals surface area contributed by atoms with Crippen LogP contribution in [0.5, 0.6) is 11.9 Å². The quantitative estimate of drug-likeness (QED) is 0.292. The maximum atomic E-state index is 14.0. The predicted molar refractivity (Wildman–Crippen MR) is 138 cm³/mol. The Balaban J connectivity index is 1.77. The number of carbonyl (C=O) groups is 1. The van der Waals surface area contributed by atoms with E-state index in [0.29, 0.717) is 44.8 Å². The predicted octanol–water partition coefficient (Wildman–Crippen LogP) is 6.13. The number of halogens is 3. The summed E-state index contributed by atoms with van der Waals surface area (Å²) in [5, 5.41) is 0.377. The minimum Gasteiger partial charge on any atom is -0.480 e. The van der Waals surface area contributed by atoms with Gasteiger partial charge in [0, 0.05) is 24.1 Å². The number of aromatic nitrogens is 4. The number of methoxy groups -OCH3 is 2. The summed E-state index contributed by atoms with van der Waals surface area (Å²) in [6, 6.07) is 8.91. The van der Waals surface area contributed by atoms with E-state index in [1.807, 2.05) is 18.4 Å². The number of pyridine rings is 1. The molecule has 1 aromatic carbocycles. The van der Waals surface area contributed by atoms with Crippen LogP contribution in [0.1, 0.15) is 47.7 Å². The van der Waals surface area contributed by atoms with E-state index in [0.717, 1.165) is 0 Å². The van der Waals surface area contributed by atoms with Crippen LogP contribution in [0, 0.1) is 5.82 Å². The van der Waals surface area contributed by atoms with E-state index in [1.165, 1.54) is 38.6 Å². The third kappa shape index (κ3) is 4.18. The molecule has 4 heterocycles. The molecule has 1 unspecified atom stereocenters. The zero-order valence-electron chi connectivity index (χ0n) is 20.4. The van der Waals surface area contributed by atoms with Crippen molar-refractivity contribution in [2.45, 2.75) is 25.9 Å². The molecule has 0 radical (unpaired) electrons. The summed E-state index contributed by atoms with van der Waals surface area (Å²) in [5.41, 5.74) is 3.49. The van der Waals surface area contributed by atoms with Crippen LogP contribution in [0.2, 0.25) is 10.0 Å². The van der Waals surface area contributed by atoms with Crippen molar-refractivity contribution in [2.24, 2.45) is 0 Å². The largest absolute Gasteiger partial charge is 0.480 e. The summed E-state index contributed by atoms with van der Waals surface area (Å²) < 4.78 is 26.7. The minimum absolute atomic E-state index is 0.0788. The first-order chi connectivity index (χ1) is 17.7. The number of amides is 1. The van der Waals surface area contributed by atoms with Crippen LogP contribution in [0.4, 0.5) is 10.1 Å². The molecule has 37 heavy (non-hydrogen) atoms. The van der Waals surface area contributed by atoms with Crippen molar-refractivity contribution in [1.82, 2.24) is 19.5 Å². The van der Waals surface area contributed by atoms with Gasteiger partial charge in [-0.25, -0.2) is 9.37 Å². The lowest BCUT2D eigenvalue weighted by molar-refractivity contribution is 0.0993. The summed E-state index contributed by atoms with van der Waals surface area (Å²) in [6.45, 7) is 4.02. The number of hydrogen-bond acceptors (Lipinski definition) is 6. The van der Waals surface area contributed by atoms with Crippen molar-refractivity contribution in [3.63, 3.8) is 0 Å². The molecule has 1 atom stereocenters. The molecule has 0 spiro atoms. The topological polar surface area (TPSA) is 82.4 Å². The summed E-state index contributed by atoms with van der Waals surface area (Å²) in [5.74, 6) is -0.550. The number of nitrogens with zero attached hydrogens (tertiary/aromatic N) is 5. The molecule has 190 valence electrons. The van der Waals surface area contributed by atoms with Crippen molar-refractivity contribution in [3.05, 3.63) is 81.6 Å². The van der Waals surface area contributed by atoms with Crippen molar-refractivity contribution in [3.8, 4) is 23.1 Å². The van der Waals surface area contributed by atoms with Gasteiger partial charge in [0.05, 0.1) is 52.5 Å². The fourth-order valence-corrected chi connectivity index (χ4v) is 4.91. The molecule has 8 nitrogen and oxygen atoms in total. The maximum Gasteiger partial charge on any atom is 0.319 e. The molecule has 0 saturated heterocycles. The van der Waals surface area contributed by atoms with Crippen LogP contribution >= 0.6 is 23.2 Å². The second-order valence-corrected chi connectivity index (χ2v) is 9.49. The lowest BCUT2D eigenvalue weighted by atomic mass is 10.1. The normalized spacial score (nSPS) is 14.9. The van der Waals surface area contributed by atoms with E-state index in [1.54, 1.807) is 29.3 Å². The Labute approximate surface area is 222 Å². The number of fused-ring (bicyclic) bond motifs is 1. The molecule has 0 bridgehead atoms. The fraction of sp³-hybridized carbons (Fsp3) is 0.231. The standard InChI is InChI=1S/C26H22Cl2FN5O3/c1-13(2)33-21(17-12-31-26(37-4)32-24(17)36-3)10-16-22(33)23(20-8-5-14(27)11-30-20)34(25(16)35)15-6-7-19(29)18(28)9-15/h5-13,23H,1-4H3. The average molecular weight is 542 g/mol. The van der Waals surface area contributed by atoms with Gasteiger partial charge < -0.3 is 14.0 Å². The van der Waals surface area contributed by atoms with Gasteiger partial charge in [-0.1, -0.05) is 23.2 Å². The SMILES string of the molecule is COc1ncc(-c2cc3c(n2C(C)C)C(c2ccc(Cl)cn2)N(c2ccc(F)c(Cl)c2)C3=O)c(OC)n1. The molecule has 0 fully saturated rings. The van der Waals surface area contributed by atoms with Gasteiger partial charge in [-0.3, -0.25) is 14.7 Å². The zero-order valence-corrected chi connectivity index (χ0v) is 21.9. The molecular weight excluding hydrogens is 520 g/mol. The van der Waals surface area contributed by atoms with Crippen molar-refractivity contribution < 1.29 is 18.7 Å². The Morgan fingerprint density at radius 3 is 2.41 bits per heavy atom. The van der Waals surface area contributed by atoms with Gasteiger partial charge in [0.1, 0.15) is 11.9 Å². The van der Waals surface area contributed by atoms with Crippen LogP contribution in [-0.4, -0.2) is 39.6 Å². The van der Waals surface area contributed by atoms with Crippen LogP contribution in [-0.2, 0) is 0 Å².